The molecule has 1 amide bonds. The Hall–Kier alpha value is -1.98. The van der Waals surface area contributed by atoms with Crippen LogP contribution in [-0.2, 0) is 4.79 Å². The van der Waals surface area contributed by atoms with Crippen LogP contribution < -0.4 is 0 Å². The Bertz CT molecular complexity index is 339. The first-order valence-electron chi connectivity index (χ1n) is 3.86. The molecule has 0 aliphatic carbocycles. The largest absolute Gasteiger partial charge is 0.480 e. The molecule has 0 aliphatic heterocycles. The number of nitrogens with zero attached hydrogens (tertiary/aromatic N) is 3. The molecule has 1 aromatic heterocycles. The Morgan fingerprint density at radius 3 is 2.79 bits per heavy atom. The molecule has 1 N–H and O–H groups in total. The van der Waals surface area contributed by atoms with E-state index in [1.54, 1.807) is 6.07 Å². The molecule has 0 bridgehead atoms. The van der Waals surface area contributed by atoms with E-state index in [2.05, 4.69) is 10.2 Å². The van der Waals surface area contributed by atoms with Crippen LogP contribution in [0, 0.1) is 0 Å². The topological polar surface area (TPSA) is 83.4 Å². The summed E-state index contributed by atoms with van der Waals surface area (Å²) in [6.45, 7) is -0.352. The zero-order valence-electron chi connectivity index (χ0n) is 7.54. The lowest BCUT2D eigenvalue weighted by atomic mass is 10.3. The number of rotatable bonds is 3. The minimum atomic E-state index is -1.07. The Morgan fingerprint density at radius 1 is 1.57 bits per heavy atom. The highest BCUT2D eigenvalue weighted by Gasteiger charge is 2.15. The summed E-state index contributed by atoms with van der Waals surface area (Å²) in [5, 5.41) is 15.5. The second-order valence-electron chi connectivity index (χ2n) is 2.66. The lowest BCUT2D eigenvalue weighted by molar-refractivity contribution is -0.137. The monoisotopic (exact) mass is 195 g/mol. The summed E-state index contributed by atoms with van der Waals surface area (Å²) in [6, 6.07) is 3.04. The van der Waals surface area contributed by atoms with Gasteiger partial charge in [0.1, 0.15) is 6.54 Å². The summed E-state index contributed by atoms with van der Waals surface area (Å²) in [5.74, 6) is -1.52. The third-order valence-electron chi connectivity index (χ3n) is 1.51. The minimum absolute atomic E-state index is 0.135. The molecule has 0 aromatic carbocycles. The van der Waals surface area contributed by atoms with E-state index >= 15 is 0 Å². The Labute approximate surface area is 80.2 Å². The molecule has 0 unspecified atom stereocenters. The van der Waals surface area contributed by atoms with E-state index < -0.39 is 11.9 Å². The Morgan fingerprint density at radius 2 is 2.29 bits per heavy atom. The molecule has 0 atom stereocenters. The smallest absolute Gasteiger partial charge is 0.323 e. The first kappa shape index (κ1) is 10.1. The number of amides is 1. The van der Waals surface area contributed by atoms with E-state index in [4.69, 9.17) is 5.11 Å². The van der Waals surface area contributed by atoms with Crippen LogP contribution in [0.2, 0.25) is 0 Å². The SMILES string of the molecule is CN(CC(=O)O)C(=O)c1cccnn1. The third kappa shape index (κ3) is 2.51. The molecule has 0 spiro atoms. The fourth-order valence-electron chi connectivity index (χ4n) is 0.886. The zero-order valence-corrected chi connectivity index (χ0v) is 7.54. The molecule has 0 saturated heterocycles. The fraction of sp³-hybridized carbons (Fsp3) is 0.250. The maximum atomic E-state index is 11.4. The molecule has 6 heteroatoms. The second kappa shape index (κ2) is 4.31. The number of aliphatic carboxylic acids is 1. The molecule has 74 valence electrons. The lowest BCUT2D eigenvalue weighted by Gasteiger charge is -2.12. The number of hydrogen-bond acceptors (Lipinski definition) is 4. The third-order valence-corrected chi connectivity index (χ3v) is 1.51. The van der Waals surface area contributed by atoms with E-state index in [9.17, 15) is 9.59 Å². The van der Waals surface area contributed by atoms with Crippen LogP contribution in [0.5, 0.6) is 0 Å². The van der Waals surface area contributed by atoms with Gasteiger partial charge in [0, 0.05) is 13.2 Å². The Balaban J connectivity index is 2.71. The van der Waals surface area contributed by atoms with Gasteiger partial charge in [0.15, 0.2) is 5.69 Å². The van der Waals surface area contributed by atoms with E-state index in [0.29, 0.717) is 0 Å². The Kier molecular flexibility index (Phi) is 3.11. The fourth-order valence-corrected chi connectivity index (χ4v) is 0.886. The van der Waals surface area contributed by atoms with Crippen molar-refractivity contribution >= 4 is 11.9 Å². The lowest BCUT2D eigenvalue weighted by Crippen LogP contribution is -2.32. The van der Waals surface area contributed by atoms with Gasteiger partial charge in [-0.2, -0.15) is 5.10 Å². The number of carbonyl (C=O) groups is 2. The zero-order chi connectivity index (χ0) is 10.6. The molecule has 14 heavy (non-hydrogen) atoms. The number of carboxylic acids is 1. The van der Waals surface area contributed by atoms with Gasteiger partial charge < -0.3 is 10.0 Å². The molecular weight excluding hydrogens is 186 g/mol. The van der Waals surface area contributed by atoms with Crippen molar-refractivity contribution in [2.75, 3.05) is 13.6 Å². The van der Waals surface area contributed by atoms with Crippen molar-refractivity contribution in [3.05, 3.63) is 24.0 Å². The van der Waals surface area contributed by atoms with E-state index in [1.165, 1.54) is 19.3 Å². The highest BCUT2D eigenvalue weighted by molar-refractivity contribution is 5.93. The first-order chi connectivity index (χ1) is 6.61. The van der Waals surface area contributed by atoms with Crippen molar-refractivity contribution < 1.29 is 14.7 Å². The van der Waals surface area contributed by atoms with Gasteiger partial charge in [0.2, 0.25) is 0 Å². The van der Waals surface area contributed by atoms with Crippen molar-refractivity contribution in [3.8, 4) is 0 Å². The second-order valence-corrected chi connectivity index (χ2v) is 2.66. The van der Waals surface area contributed by atoms with Crippen LogP contribution in [0.15, 0.2) is 18.3 Å². The molecule has 1 heterocycles. The maximum absolute atomic E-state index is 11.4. The van der Waals surface area contributed by atoms with Crippen molar-refractivity contribution in [1.82, 2.24) is 15.1 Å². The normalized spacial score (nSPS) is 9.50. The molecule has 0 aliphatic rings. The van der Waals surface area contributed by atoms with Gasteiger partial charge in [0.05, 0.1) is 0 Å². The summed E-state index contributed by atoms with van der Waals surface area (Å²) in [7, 11) is 1.39. The molecular formula is C8H9N3O3. The minimum Gasteiger partial charge on any atom is -0.480 e. The van der Waals surface area contributed by atoms with Crippen LogP contribution in [0.1, 0.15) is 10.5 Å². The highest BCUT2D eigenvalue weighted by atomic mass is 16.4. The van der Waals surface area contributed by atoms with Crippen LogP contribution >= 0.6 is 0 Å². The first-order valence-corrected chi connectivity index (χ1v) is 3.86. The summed E-state index contributed by atoms with van der Waals surface area (Å²) < 4.78 is 0. The molecule has 1 rings (SSSR count). The van der Waals surface area contributed by atoms with Gasteiger partial charge in [0.25, 0.3) is 5.91 Å². The predicted octanol–water partition coefficient (Wildman–Crippen LogP) is -0.367. The van der Waals surface area contributed by atoms with E-state index in [-0.39, 0.29) is 12.2 Å². The summed E-state index contributed by atoms with van der Waals surface area (Å²) in [6.07, 6.45) is 1.44. The summed E-state index contributed by atoms with van der Waals surface area (Å²) in [5.41, 5.74) is 0.135. The summed E-state index contributed by atoms with van der Waals surface area (Å²) >= 11 is 0. The number of carboxylic acid groups (broad SMARTS) is 1. The van der Waals surface area contributed by atoms with Crippen molar-refractivity contribution in [2.24, 2.45) is 0 Å². The van der Waals surface area contributed by atoms with E-state index in [0.717, 1.165) is 4.90 Å². The van der Waals surface area contributed by atoms with Gasteiger partial charge in [-0.25, -0.2) is 0 Å². The van der Waals surface area contributed by atoms with Crippen LogP contribution in [0.25, 0.3) is 0 Å². The van der Waals surface area contributed by atoms with Crippen molar-refractivity contribution in [1.29, 1.82) is 0 Å². The molecule has 0 saturated carbocycles. The van der Waals surface area contributed by atoms with Gasteiger partial charge in [-0.3, -0.25) is 9.59 Å². The van der Waals surface area contributed by atoms with Crippen LogP contribution in [0.4, 0.5) is 0 Å². The molecule has 1 aromatic rings. The van der Waals surface area contributed by atoms with E-state index in [1.807, 2.05) is 0 Å². The van der Waals surface area contributed by atoms with Gasteiger partial charge in [-0.1, -0.05) is 0 Å². The standard InChI is InChI=1S/C8H9N3O3/c1-11(5-7(12)13)8(14)6-3-2-4-9-10-6/h2-4H,5H2,1H3,(H,12,13). The van der Waals surface area contributed by atoms with Crippen LogP contribution in [-0.4, -0.2) is 45.7 Å². The number of aromatic nitrogens is 2. The quantitative estimate of drug-likeness (QED) is 0.711. The van der Waals surface area contributed by atoms with Crippen LogP contribution in [0.3, 0.4) is 0 Å². The molecule has 0 fully saturated rings. The number of hydrogen-bond donors (Lipinski definition) is 1. The average Bonchev–Trinajstić information content (AvgIpc) is 2.17. The predicted molar refractivity (Wildman–Crippen MR) is 46.6 cm³/mol. The average molecular weight is 195 g/mol. The van der Waals surface area contributed by atoms with Gasteiger partial charge in [-0.15, -0.1) is 5.10 Å². The van der Waals surface area contributed by atoms with Gasteiger partial charge >= 0.3 is 5.97 Å². The van der Waals surface area contributed by atoms with Crippen molar-refractivity contribution in [3.63, 3.8) is 0 Å². The highest BCUT2D eigenvalue weighted by Crippen LogP contribution is 1.97. The van der Waals surface area contributed by atoms with Crippen molar-refractivity contribution in [2.45, 2.75) is 0 Å². The molecule has 0 radical (unpaired) electrons. The van der Waals surface area contributed by atoms with Gasteiger partial charge in [-0.05, 0) is 12.1 Å². The summed E-state index contributed by atoms with van der Waals surface area (Å²) in [4.78, 5) is 22.8. The number of carbonyl (C=O) groups excluding carboxylic acids is 1. The number of likely N-dealkylation sites (N-methyl/N-ethyl adjacent to an activating group) is 1. The molecule has 6 nitrogen and oxygen atoms in total. The maximum Gasteiger partial charge on any atom is 0.323 e.